The molecule has 4 aromatic rings. The molecule has 4 rings (SSSR count). The van der Waals surface area contributed by atoms with Gasteiger partial charge < -0.3 is 14.5 Å². The molecule has 0 atom stereocenters. The van der Waals surface area contributed by atoms with E-state index in [1.54, 1.807) is 42.5 Å². The molecular weight excluding hydrogens is 484 g/mol. The highest BCUT2D eigenvalue weighted by molar-refractivity contribution is 9.10. The van der Waals surface area contributed by atoms with Crippen molar-refractivity contribution < 1.29 is 22.4 Å². The van der Waals surface area contributed by atoms with Gasteiger partial charge in [0.1, 0.15) is 0 Å². The van der Waals surface area contributed by atoms with Crippen LogP contribution in [0.5, 0.6) is 5.75 Å². The molecule has 2 N–H and O–H groups in total. The lowest BCUT2D eigenvalue weighted by molar-refractivity contribution is 0.0998. The van der Waals surface area contributed by atoms with Crippen molar-refractivity contribution in [1.29, 1.82) is 0 Å². The fourth-order valence-corrected chi connectivity index (χ4v) is 4.27. The first kappa shape index (κ1) is 21.0. The Kier molecular flexibility index (Phi) is 5.71. The molecule has 3 aromatic carbocycles. The van der Waals surface area contributed by atoms with Crippen LogP contribution in [-0.2, 0) is 10.0 Å². The summed E-state index contributed by atoms with van der Waals surface area (Å²) in [6.45, 7) is 0. The minimum Gasteiger partial charge on any atom is -0.493 e. The van der Waals surface area contributed by atoms with Crippen molar-refractivity contribution in [2.75, 3.05) is 17.1 Å². The molecule has 0 spiro atoms. The number of rotatable bonds is 6. The Morgan fingerprint density at radius 2 is 1.65 bits per heavy atom. The molecule has 1 aromatic heterocycles. The van der Waals surface area contributed by atoms with E-state index in [1.807, 2.05) is 6.07 Å². The van der Waals surface area contributed by atoms with Crippen molar-refractivity contribution in [3.63, 3.8) is 0 Å². The van der Waals surface area contributed by atoms with Gasteiger partial charge in [-0.2, -0.15) is 0 Å². The number of nitrogens with one attached hydrogen (secondary N) is 2. The molecule has 0 saturated heterocycles. The second-order valence-corrected chi connectivity index (χ2v) is 9.18. The summed E-state index contributed by atoms with van der Waals surface area (Å²) in [4.78, 5) is 12.6. The highest BCUT2D eigenvalue weighted by Gasteiger charge is 2.17. The van der Waals surface area contributed by atoms with Crippen molar-refractivity contribution in [1.82, 2.24) is 0 Å². The number of fused-ring (bicyclic) bond motifs is 1. The normalized spacial score (nSPS) is 11.3. The molecule has 0 unspecified atom stereocenters. The Balaban J connectivity index is 1.49. The zero-order chi connectivity index (χ0) is 22.0. The standard InChI is InChI=1S/C22H17BrN2O5S/c1-29-19-4-2-3-14-13-20(30-21(14)19)22(26)24-16-9-11-18(12-10-16)31(27,28)25-17-7-5-15(23)6-8-17/h2-13,25H,1H3,(H,24,26). The number of hydrogen-bond acceptors (Lipinski definition) is 5. The Morgan fingerprint density at radius 1 is 0.968 bits per heavy atom. The van der Waals surface area contributed by atoms with Crippen LogP contribution >= 0.6 is 15.9 Å². The van der Waals surface area contributed by atoms with E-state index in [2.05, 4.69) is 26.0 Å². The van der Waals surface area contributed by atoms with Crippen LogP contribution in [-0.4, -0.2) is 21.4 Å². The van der Waals surface area contributed by atoms with Gasteiger partial charge in [-0.05, 0) is 60.7 Å². The summed E-state index contributed by atoms with van der Waals surface area (Å²) in [7, 11) is -2.23. The topological polar surface area (TPSA) is 97.6 Å². The quantitative estimate of drug-likeness (QED) is 0.376. The van der Waals surface area contributed by atoms with Gasteiger partial charge in [-0.1, -0.05) is 28.1 Å². The van der Waals surface area contributed by atoms with E-state index in [0.717, 1.165) is 9.86 Å². The molecule has 7 nitrogen and oxygen atoms in total. The van der Waals surface area contributed by atoms with Crippen molar-refractivity contribution in [2.45, 2.75) is 4.90 Å². The lowest BCUT2D eigenvalue weighted by atomic mass is 10.2. The number of carbonyl (C=O) groups is 1. The third-order valence-corrected chi connectivity index (χ3v) is 6.40. The first-order valence-corrected chi connectivity index (χ1v) is 11.4. The maximum absolute atomic E-state index is 12.6. The largest absolute Gasteiger partial charge is 0.493 e. The first-order chi connectivity index (χ1) is 14.9. The summed E-state index contributed by atoms with van der Waals surface area (Å²) in [6, 6.07) is 19.6. The van der Waals surface area contributed by atoms with Gasteiger partial charge in [0, 0.05) is 21.2 Å². The van der Waals surface area contributed by atoms with Crippen molar-refractivity contribution in [3.05, 3.63) is 83.0 Å². The SMILES string of the molecule is COc1cccc2cc(C(=O)Nc3ccc(S(=O)(=O)Nc4ccc(Br)cc4)cc3)oc12. The zero-order valence-electron chi connectivity index (χ0n) is 16.3. The fourth-order valence-electron chi connectivity index (χ4n) is 2.95. The summed E-state index contributed by atoms with van der Waals surface area (Å²) >= 11 is 3.31. The minimum absolute atomic E-state index is 0.0712. The van der Waals surface area contributed by atoms with Crippen LogP contribution in [0.3, 0.4) is 0 Å². The number of benzene rings is 3. The number of methoxy groups -OCH3 is 1. The average molecular weight is 501 g/mol. The van der Waals surface area contributed by atoms with Gasteiger partial charge in [-0.3, -0.25) is 9.52 Å². The molecule has 0 radical (unpaired) electrons. The number of anilines is 2. The number of furan rings is 1. The predicted octanol–water partition coefficient (Wildman–Crippen LogP) is 5.26. The molecule has 31 heavy (non-hydrogen) atoms. The predicted molar refractivity (Wildman–Crippen MR) is 122 cm³/mol. The van der Waals surface area contributed by atoms with Gasteiger partial charge in [0.2, 0.25) is 0 Å². The molecule has 0 saturated carbocycles. The number of halogens is 1. The number of para-hydroxylation sites is 1. The van der Waals surface area contributed by atoms with Crippen LogP contribution in [0.2, 0.25) is 0 Å². The maximum Gasteiger partial charge on any atom is 0.291 e. The molecule has 0 aliphatic carbocycles. The molecule has 1 amide bonds. The van der Waals surface area contributed by atoms with Crippen LogP contribution in [0.25, 0.3) is 11.0 Å². The van der Waals surface area contributed by atoms with Gasteiger partial charge in [0.25, 0.3) is 15.9 Å². The minimum atomic E-state index is -3.76. The summed E-state index contributed by atoms with van der Waals surface area (Å²) in [5.41, 5.74) is 1.36. The van der Waals surface area contributed by atoms with Crippen LogP contribution in [0, 0.1) is 0 Å². The van der Waals surface area contributed by atoms with Crippen LogP contribution in [0.15, 0.2) is 86.6 Å². The van der Waals surface area contributed by atoms with Crippen LogP contribution < -0.4 is 14.8 Å². The molecule has 9 heteroatoms. The van der Waals surface area contributed by atoms with Crippen molar-refractivity contribution >= 4 is 54.2 Å². The summed E-state index contributed by atoms with van der Waals surface area (Å²) in [5.74, 6) is 0.194. The summed E-state index contributed by atoms with van der Waals surface area (Å²) in [6.07, 6.45) is 0. The molecule has 1 heterocycles. The molecule has 0 aliphatic heterocycles. The van der Waals surface area contributed by atoms with Gasteiger partial charge in [-0.15, -0.1) is 0 Å². The van der Waals surface area contributed by atoms with E-state index in [0.29, 0.717) is 22.7 Å². The molecule has 0 fully saturated rings. The first-order valence-electron chi connectivity index (χ1n) is 9.12. The number of ether oxygens (including phenoxy) is 1. The van der Waals surface area contributed by atoms with E-state index in [4.69, 9.17) is 9.15 Å². The fraction of sp³-hybridized carbons (Fsp3) is 0.0455. The number of sulfonamides is 1. The van der Waals surface area contributed by atoms with Gasteiger partial charge in [0.15, 0.2) is 17.1 Å². The van der Waals surface area contributed by atoms with E-state index >= 15 is 0 Å². The molecular formula is C22H17BrN2O5S. The lowest BCUT2D eigenvalue weighted by Crippen LogP contribution is -2.14. The number of carbonyl (C=O) groups excluding carboxylic acids is 1. The van der Waals surface area contributed by atoms with E-state index in [9.17, 15) is 13.2 Å². The number of amides is 1. The summed E-state index contributed by atoms with van der Waals surface area (Å²) in [5, 5.41) is 3.44. The highest BCUT2D eigenvalue weighted by Crippen LogP contribution is 2.29. The maximum atomic E-state index is 12.6. The van der Waals surface area contributed by atoms with E-state index in [-0.39, 0.29) is 10.7 Å². The third kappa shape index (κ3) is 4.57. The third-order valence-electron chi connectivity index (χ3n) is 4.47. The molecule has 158 valence electrons. The van der Waals surface area contributed by atoms with Crippen LogP contribution in [0.1, 0.15) is 10.6 Å². The Labute approximate surface area is 187 Å². The Bertz CT molecular complexity index is 1350. The Morgan fingerprint density at radius 3 is 2.32 bits per heavy atom. The average Bonchev–Trinajstić information content (AvgIpc) is 3.20. The second kappa shape index (κ2) is 8.44. The smallest absolute Gasteiger partial charge is 0.291 e. The molecule has 0 bridgehead atoms. The monoisotopic (exact) mass is 500 g/mol. The lowest BCUT2D eigenvalue weighted by Gasteiger charge is -2.09. The van der Waals surface area contributed by atoms with Gasteiger partial charge in [-0.25, -0.2) is 8.42 Å². The van der Waals surface area contributed by atoms with Crippen LogP contribution in [0.4, 0.5) is 11.4 Å². The Hall–Kier alpha value is -3.30. The highest BCUT2D eigenvalue weighted by atomic mass is 79.9. The zero-order valence-corrected chi connectivity index (χ0v) is 18.7. The molecule has 0 aliphatic rings. The van der Waals surface area contributed by atoms with Crippen molar-refractivity contribution in [3.8, 4) is 5.75 Å². The summed E-state index contributed by atoms with van der Waals surface area (Å²) < 4.78 is 39.4. The second-order valence-electron chi connectivity index (χ2n) is 6.58. The van der Waals surface area contributed by atoms with Crippen molar-refractivity contribution in [2.24, 2.45) is 0 Å². The number of hydrogen-bond donors (Lipinski definition) is 2. The van der Waals surface area contributed by atoms with Gasteiger partial charge >= 0.3 is 0 Å². The van der Waals surface area contributed by atoms with E-state index < -0.39 is 15.9 Å². The van der Waals surface area contributed by atoms with E-state index in [1.165, 1.54) is 31.4 Å². The van der Waals surface area contributed by atoms with Gasteiger partial charge in [0.05, 0.1) is 12.0 Å².